The molecule has 2 nitrogen and oxygen atoms in total. The molecule has 0 aliphatic rings. The van der Waals surface area contributed by atoms with Crippen molar-refractivity contribution >= 4 is 10.9 Å². The van der Waals surface area contributed by atoms with Crippen LogP contribution in [0.4, 0.5) is 4.39 Å². The zero-order valence-corrected chi connectivity index (χ0v) is 7.92. The van der Waals surface area contributed by atoms with E-state index in [1.165, 1.54) is 12.1 Å². The van der Waals surface area contributed by atoms with Gasteiger partial charge in [-0.3, -0.25) is 4.98 Å². The highest BCUT2D eigenvalue weighted by Crippen LogP contribution is 2.19. The zero-order chi connectivity index (χ0) is 10.1. The number of hydrogen-bond acceptors (Lipinski definition) is 2. The number of fused-ring (bicyclic) bond motifs is 1. The summed E-state index contributed by atoms with van der Waals surface area (Å²) in [6.07, 6.45) is 1.71. The summed E-state index contributed by atoms with van der Waals surface area (Å²) in [5.74, 6) is -0.259. The summed E-state index contributed by atoms with van der Waals surface area (Å²) >= 11 is 0. The molecule has 0 radical (unpaired) electrons. The van der Waals surface area contributed by atoms with Gasteiger partial charge in [0.25, 0.3) is 0 Å². The maximum atomic E-state index is 12.9. The second-order valence-electron chi connectivity index (χ2n) is 3.27. The minimum atomic E-state index is -0.259. The van der Waals surface area contributed by atoms with E-state index in [1.54, 1.807) is 12.3 Å². The molecule has 0 saturated heterocycles. The Kier molecular flexibility index (Phi) is 2.17. The Morgan fingerprint density at radius 1 is 1.43 bits per heavy atom. The van der Waals surface area contributed by atoms with Gasteiger partial charge in [0.1, 0.15) is 5.82 Å². The van der Waals surface area contributed by atoms with Crippen LogP contribution in [0.5, 0.6) is 0 Å². The first-order valence-electron chi connectivity index (χ1n) is 4.46. The van der Waals surface area contributed by atoms with Crippen molar-refractivity contribution in [1.82, 2.24) is 4.98 Å². The van der Waals surface area contributed by atoms with E-state index in [-0.39, 0.29) is 5.82 Å². The highest BCUT2D eigenvalue weighted by Gasteiger charge is 2.03. The molecule has 0 atom stereocenters. The van der Waals surface area contributed by atoms with E-state index >= 15 is 0 Å². The van der Waals surface area contributed by atoms with Crippen molar-refractivity contribution in [2.45, 2.75) is 13.5 Å². The number of aryl methyl sites for hydroxylation is 1. The number of aromatic nitrogens is 1. The summed E-state index contributed by atoms with van der Waals surface area (Å²) in [5.41, 5.74) is 8.32. The quantitative estimate of drug-likeness (QED) is 0.748. The Balaban J connectivity index is 2.77. The molecule has 2 aromatic rings. The topological polar surface area (TPSA) is 38.9 Å². The number of halogens is 1. The van der Waals surface area contributed by atoms with Crippen molar-refractivity contribution in [3.63, 3.8) is 0 Å². The zero-order valence-electron chi connectivity index (χ0n) is 7.92. The first kappa shape index (κ1) is 9.09. The van der Waals surface area contributed by atoms with Crippen LogP contribution in [0, 0.1) is 12.7 Å². The molecular formula is C11H11FN2. The van der Waals surface area contributed by atoms with E-state index in [4.69, 9.17) is 5.73 Å². The van der Waals surface area contributed by atoms with E-state index in [2.05, 4.69) is 4.98 Å². The Morgan fingerprint density at radius 3 is 2.93 bits per heavy atom. The Morgan fingerprint density at radius 2 is 2.21 bits per heavy atom. The molecule has 0 unspecified atom stereocenters. The van der Waals surface area contributed by atoms with Crippen LogP contribution < -0.4 is 5.73 Å². The molecule has 14 heavy (non-hydrogen) atoms. The van der Waals surface area contributed by atoms with E-state index in [1.807, 2.05) is 6.92 Å². The summed E-state index contributed by atoms with van der Waals surface area (Å²) in [6, 6.07) is 4.62. The van der Waals surface area contributed by atoms with Crippen LogP contribution in [0.1, 0.15) is 11.1 Å². The van der Waals surface area contributed by atoms with Gasteiger partial charge < -0.3 is 5.73 Å². The molecule has 0 spiro atoms. The van der Waals surface area contributed by atoms with Crippen LogP contribution in [-0.2, 0) is 6.54 Å². The first-order chi connectivity index (χ1) is 6.72. The van der Waals surface area contributed by atoms with Crippen LogP contribution in [-0.4, -0.2) is 4.98 Å². The fourth-order valence-electron chi connectivity index (χ4n) is 1.55. The number of hydrogen-bond donors (Lipinski definition) is 1. The maximum Gasteiger partial charge on any atom is 0.125 e. The Labute approximate surface area is 81.6 Å². The maximum absolute atomic E-state index is 12.9. The van der Waals surface area contributed by atoms with E-state index in [9.17, 15) is 4.39 Å². The molecule has 72 valence electrons. The van der Waals surface area contributed by atoms with Crippen molar-refractivity contribution < 1.29 is 4.39 Å². The molecule has 3 heteroatoms. The lowest BCUT2D eigenvalue weighted by atomic mass is 10.1. The molecule has 0 saturated carbocycles. The van der Waals surface area contributed by atoms with Gasteiger partial charge >= 0.3 is 0 Å². The van der Waals surface area contributed by atoms with Crippen molar-refractivity contribution in [2.75, 3.05) is 0 Å². The molecule has 0 aliphatic heterocycles. The lowest BCUT2D eigenvalue weighted by Gasteiger charge is -2.06. The largest absolute Gasteiger partial charge is 0.326 e. The lowest BCUT2D eigenvalue weighted by molar-refractivity contribution is 0.629. The van der Waals surface area contributed by atoms with Gasteiger partial charge in [0, 0.05) is 24.2 Å². The highest BCUT2D eigenvalue weighted by atomic mass is 19.1. The number of pyridine rings is 1. The average Bonchev–Trinajstić information content (AvgIpc) is 2.18. The van der Waals surface area contributed by atoms with Crippen LogP contribution in [0.15, 0.2) is 24.4 Å². The van der Waals surface area contributed by atoms with Crippen molar-refractivity contribution in [1.29, 1.82) is 0 Å². The summed E-state index contributed by atoms with van der Waals surface area (Å²) < 4.78 is 12.9. The molecule has 0 fully saturated rings. The molecular weight excluding hydrogens is 179 g/mol. The molecule has 1 heterocycles. The number of nitrogens with zero attached hydrogens (tertiary/aromatic N) is 1. The van der Waals surface area contributed by atoms with Gasteiger partial charge in [-0.15, -0.1) is 0 Å². The third-order valence-corrected chi connectivity index (χ3v) is 2.42. The summed E-state index contributed by atoms with van der Waals surface area (Å²) in [4.78, 5) is 4.15. The van der Waals surface area contributed by atoms with Crippen LogP contribution in [0.3, 0.4) is 0 Å². The fraction of sp³-hybridized carbons (Fsp3) is 0.182. The van der Waals surface area contributed by atoms with Crippen molar-refractivity contribution in [2.24, 2.45) is 5.73 Å². The summed E-state index contributed by atoms with van der Waals surface area (Å²) in [6.45, 7) is 2.44. The van der Waals surface area contributed by atoms with E-state index in [0.717, 1.165) is 16.5 Å². The van der Waals surface area contributed by atoms with Crippen LogP contribution >= 0.6 is 0 Å². The predicted octanol–water partition coefficient (Wildman–Crippen LogP) is 2.14. The lowest BCUT2D eigenvalue weighted by Crippen LogP contribution is -2.00. The molecule has 0 aliphatic carbocycles. The molecule has 0 bridgehead atoms. The van der Waals surface area contributed by atoms with Gasteiger partial charge in [-0.05, 0) is 30.2 Å². The van der Waals surface area contributed by atoms with Gasteiger partial charge in [0.05, 0.1) is 5.52 Å². The monoisotopic (exact) mass is 190 g/mol. The smallest absolute Gasteiger partial charge is 0.125 e. The van der Waals surface area contributed by atoms with Crippen molar-refractivity contribution in [3.8, 4) is 0 Å². The second kappa shape index (κ2) is 3.35. The second-order valence-corrected chi connectivity index (χ2v) is 3.27. The number of nitrogens with two attached hydrogens (primary N) is 1. The van der Waals surface area contributed by atoms with E-state index in [0.29, 0.717) is 12.1 Å². The minimum Gasteiger partial charge on any atom is -0.326 e. The van der Waals surface area contributed by atoms with Gasteiger partial charge in [-0.2, -0.15) is 0 Å². The average molecular weight is 190 g/mol. The third kappa shape index (κ3) is 1.36. The molecule has 1 aromatic heterocycles. The van der Waals surface area contributed by atoms with Gasteiger partial charge in [0.15, 0.2) is 0 Å². The summed E-state index contributed by atoms with van der Waals surface area (Å²) in [5, 5.41) is 0.967. The van der Waals surface area contributed by atoms with E-state index < -0.39 is 0 Å². The molecule has 0 amide bonds. The summed E-state index contributed by atoms with van der Waals surface area (Å²) in [7, 11) is 0. The van der Waals surface area contributed by atoms with Gasteiger partial charge in [-0.1, -0.05) is 0 Å². The fourth-order valence-corrected chi connectivity index (χ4v) is 1.55. The van der Waals surface area contributed by atoms with Gasteiger partial charge in [-0.25, -0.2) is 4.39 Å². The predicted molar refractivity (Wildman–Crippen MR) is 54.3 cm³/mol. The molecule has 2 rings (SSSR count). The van der Waals surface area contributed by atoms with Crippen molar-refractivity contribution in [3.05, 3.63) is 41.3 Å². The normalized spacial score (nSPS) is 10.8. The SMILES string of the molecule is Cc1c(CN)cnc2cc(F)ccc12. The molecule has 1 aromatic carbocycles. The van der Waals surface area contributed by atoms with Crippen LogP contribution in [0.25, 0.3) is 10.9 Å². The minimum absolute atomic E-state index is 0.259. The first-order valence-corrected chi connectivity index (χ1v) is 4.46. The Hall–Kier alpha value is -1.48. The highest BCUT2D eigenvalue weighted by molar-refractivity contribution is 5.82. The standard InChI is InChI=1S/C11H11FN2/c1-7-8(5-13)6-14-11-4-9(12)2-3-10(7)11/h2-4,6H,5,13H2,1H3. The van der Waals surface area contributed by atoms with Crippen LogP contribution in [0.2, 0.25) is 0 Å². The molecule has 2 N–H and O–H groups in total. The Bertz CT molecular complexity index is 480. The number of benzene rings is 1. The third-order valence-electron chi connectivity index (χ3n) is 2.42. The number of rotatable bonds is 1. The van der Waals surface area contributed by atoms with Gasteiger partial charge in [0.2, 0.25) is 0 Å².